The van der Waals surface area contributed by atoms with Crippen molar-refractivity contribution < 1.29 is 13.2 Å². The third-order valence-corrected chi connectivity index (χ3v) is 7.78. The second kappa shape index (κ2) is 7.68. The first kappa shape index (κ1) is 19.2. The normalized spacial score (nSPS) is 18.7. The van der Waals surface area contributed by atoms with E-state index in [0.717, 1.165) is 30.6 Å². The fraction of sp³-hybridized carbons (Fsp3) is 0.409. The summed E-state index contributed by atoms with van der Waals surface area (Å²) in [7, 11) is -3.48. The summed E-state index contributed by atoms with van der Waals surface area (Å²) in [4.78, 5) is 15.5. The van der Waals surface area contributed by atoms with Crippen molar-refractivity contribution in [1.29, 1.82) is 0 Å². The Hall–Kier alpha value is -2.18. The molecule has 0 aliphatic carbocycles. The van der Waals surface area contributed by atoms with Gasteiger partial charge < -0.3 is 4.90 Å². The van der Waals surface area contributed by atoms with E-state index in [9.17, 15) is 13.2 Å². The lowest BCUT2D eigenvalue weighted by molar-refractivity contribution is -0.123. The van der Waals surface area contributed by atoms with Crippen molar-refractivity contribution in [3.8, 4) is 0 Å². The average Bonchev–Trinajstić information content (AvgIpc) is 2.74. The van der Waals surface area contributed by atoms with Crippen molar-refractivity contribution >= 4 is 21.6 Å². The molecule has 0 N–H and O–H groups in total. The Bertz CT molecular complexity index is 965. The molecule has 28 heavy (non-hydrogen) atoms. The molecule has 2 aliphatic heterocycles. The molecule has 6 heteroatoms. The van der Waals surface area contributed by atoms with E-state index in [2.05, 4.69) is 25.1 Å². The maximum atomic E-state index is 13.3. The molecular weight excluding hydrogens is 372 g/mol. The number of fused-ring (bicyclic) bond motifs is 1. The van der Waals surface area contributed by atoms with Crippen molar-refractivity contribution in [1.82, 2.24) is 4.31 Å². The van der Waals surface area contributed by atoms with Gasteiger partial charge in [-0.2, -0.15) is 4.31 Å². The minimum Gasteiger partial charge on any atom is -0.312 e. The number of nitrogens with zero attached hydrogens (tertiary/aromatic N) is 2. The number of amides is 1. The number of hydrogen-bond acceptors (Lipinski definition) is 3. The van der Waals surface area contributed by atoms with Gasteiger partial charge in [0.2, 0.25) is 15.9 Å². The smallest absolute Gasteiger partial charge is 0.243 e. The number of para-hydroxylation sites is 1. The number of rotatable bonds is 3. The molecule has 0 aromatic heterocycles. The number of aryl methyl sites for hydroxylation is 2. The maximum absolute atomic E-state index is 13.3. The van der Waals surface area contributed by atoms with Crippen LogP contribution in [0.4, 0.5) is 5.69 Å². The highest BCUT2D eigenvalue weighted by molar-refractivity contribution is 7.89. The van der Waals surface area contributed by atoms with Gasteiger partial charge in [-0.1, -0.05) is 36.4 Å². The van der Waals surface area contributed by atoms with E-state index in [0.29, 0.717) is 30.8 Å². The van der Waals surface area contributed by atoms with E-state index in [1.165, 1.54) is 9.87 Å². The molecule has 0 saturated carbocycles. The summed E-state index contributed by atoms with van der Waals surface area (Å²) in [6, 6.07) is 14.7. The van der Waals surface area contributed by atoms with E-state index in [-0.39, 0.29) is 11.8 Å². The zero-order chi connectivity index (χ0) is 19.7. The lowest BCUT2D eigenvalue weighted by Gasteiger charge is -2.36. The standard InChI is InChI=1S/C22H26N2O3S/c1-17-7-5-8-18-9-6-14-24(21(17)18)22(25)19-12-15-23(16-13-19)28(26,27)20-10-3-2-4-11-20/h2-5,7-8,10-11,19H,6,9,12-16H2,1H3. The first-order chi connectivity index (χ1) is 13.5. The minimum atomic E-state index is -3.48. The molecule has 148 valence electrons. The highest BCUT2D eigenvalue weighted by Crippen LogP contribution is 2.33. The molecule has 0 atom stereocenters. The molecule has 2 aromatic carbocycles. The molecule has 1 saturated heterocycles. The van der Waals surface area contributed by atoms with Gasteiger partial charge >= 0.3 is 0 Å². The van der Waals surface area contributed by atoms with Crippen molar-refractivity contribution in [2.75, 3.05) is 24.5 Å². The highest BCUT2D eigenvalue weighted by Gasteiger charge is 2.35. The molecule has 0 bridgehead atoms. The van der Waals surface area contributed by atoms with Crippen LogP contribution in [-0.4, -0.2) is 38.3 Å². The zero-order valence-electron chi connectivity index (χ0n) is 16.2. The molecule has 1 amide bonds. The Balaban J connectivity index is 1.47. The summed E-state index contributed by atoms with van der Waals surface area (Å²) < 4.78 is 27.1. The number of benzene rings is 2. The minimum absolute atomic E-state index is 0.118. The predicted octanol–water partition coefficient (Wildman–Crippen LogP) is 3.38. The van der Waals surface area contributed by atoms with Gasteiger partial charge in [0.1, 0.15) is 0 Å². The van der Waals surface area contributed by atoms with Gasteiger partial charge in [0.25, 0.3) is 0 Å². The summed E-state index contributed by atoms with van der Waals surface area (Å²) in [5, 5.41) is 0. The lowest BCUT2D eigenvalue weighted by Crippen LogP contribution is -2.46. The SMILES string of the molecule is Cc1cccc2c1N(C(=O)C1CCN(S(=O)(=O)c3ccccc3)CC1)CCC2. The first-order valence-electron chi connectivity index (χ1n) is 9.93. The van der Waals surface area contributed by atoms with Crippen molar-refractivity contribution in [2.45, 2.75) is 37.5 Å². The molecule has 0 spiro atoms. The van der Waals surface area contributed by atoms with Crippen LogP contribution in [-0.2, 0) is 21.2 Å². The van der Waals surface area contributed by atoms with Crippen LogP contribution in [0.2, 0.25) is 0 Å². The maximum Gasteiger partial charge on any atom is 0.243 e. The number of anilines is 1. The fourth-order valence-electron chi connectivity index (χ4n) is 4.37. The van der Waals surface area contributed by atoms with Gasteiger partial charge in [-0.3, -0.25) is 4.79 Å². The van der Waals surface area contributed by atoms with Gasteiger partial charge in [-0.15, -0.1) is 0 Å². The van der Waals surface area contributed by atoms with Gasteiger partial charge in [0.05, 0.1) is 4.90 Å². The van der Waals surface area contributed by atoms with Crippen molar-refractivity contribution in [3.63, 3.8) is 0 Å². The number of sulfonamides is 1. The molecule has 2 aromatic rings. The van der Waals surface area contributed by atoms with Crippen LogP contribution in [0.5, 0.6) is 0 Å². The molecular formula is C22H26N2O3S. The Morgan fingerprint density at radius 2 is 1.68 bits per heavy atom. The van der Waals surface area contributed by atoms with Crippen molar-refractivity contribution in [3.05, 3.63) is 59.7 Å². The largest absolute Gasteiger partial charge is 0.312 e. The van der Waals surface area contributed by atoms with Gasteiger partial charge in [0, 0.05) is 31.2 Å². The van der Waals surface area contributed by atoms with Crippen LogP contribution in [0, 0.1) is 12.8 Å². The van der Waals surface area contributed by atoms with E-state index in [4.69, 9.17) is 0 Å². The van der Waals surface area contributed by atoms with Gasteiger partial charge in [0.15, 0.2) is 0 Å². The Morgan fingerprint density at radius 1 is 0.964 bits per heavy atom. The highest BCUT2D eigenvalue weighted by atomic mass is 32.2. The summed E-state index contributed by atoms with van der Waals surface area (Å²) in [5.41, 5.74) is 3.44. The second-order valence-corrected chi connectivity index (χ2v) is 9.61. The van der Waals surface area contributed by atoms with Crippen molar-refractivity contribution in [2.24, 2.45) is 5.92 Å². The van der Waals surface area contributed by atoms with Crippen LogP contribution in [0.3, 0.4) is 0 Å². The van der Waals surface area contributed by atoms with Crippen LogP contribution < -0.4 is 4.90 Å². The third kappa shape index (κ3) is 3.47. The molecule has 4 rings (SSSR count). The summed E-state index contributed by atoms with van der Waals surface area (Å²) >= 11 is 0. The fourth-order valence-corrected chi connectivity index (χ4v) is 5.86. The Kier molecular flexibility index (Phi) is 5.25. The van der Waals surface area contributed by atoms with E-state index >= 15 is 0 Å². The summed E-state index contributed by atoms with van der Waals surface area (Å²) in [5.74, 6) is 0.0276. The number of hydrogen-bond donors (Lipinski definition) is 0. The predicted molar refractivity (Wildman–Crippen MR) is 110 cm³/mol. The molecule has 2 heterocycles. The summed E-state index contributed by atoms with van der Waals surface area (Å²) in [6.45, 7) is 3.59. The van der Waals surface area contributed by atoms with Crippen LogP contribution in [0.15, 0.2) is 53.4 Å². The molecule has 2 aliphatic rings. The van der Waals surface area contributed by atoms with E-state index < -0.39 is 10.0 Å². The average molecular weight is 399 g/mol. The van der Waals surface area contributed by atoms with E-state index in [1.54, 1.807) is 24.3 Å². The van der Waals surface area contributed by atoms with Crippen LogP contribution in [0.1, 0.15) is 30.4 Å². The molecule has 1 fully saturated rings. The van der Waals surface area contributed by atoms with Gasteiger partial charge in [-0.05, 0) is 55.9 Å². The van der Waals surface area contributed by atoms with Crippen LogP contribution in [0.25, 0.3) is 0 Å². The Morgan fingerprint density at radius 3 is 2.39 bits per heavy atom. The lowest BCUT2D eigenvalue weighted by atomic mass is 9.93. The molecule has 0 radical (unpaired) electrons. The monoisotopic (exact) mass is 398 g/mol. The topological polar surface area (TPSA) is 57.7 Å². The van der Waals surface area contributed by atoms with E-state index in [1.807, 2.05) is 11.0 Å². The Labute approximate surface area is 167 Å². The summed E-state index contributed by atoms with van der Waals surface area (Å²) in [6.07, 6.45) is 3.13. The second-order valence-electron chi connectivity index (χ2n) is 7.67. The molecule has 5 nitrogen and oxygen atoms in total. The quantitative estimate of drug-likeness (QED) is 0.796. The number of carbonyl (C=O) groups excluding carboxylic acids is 1. The first-order valence-corrected chi connectivity index (χ1v) is 11.4. The zero-order valence-corrected chi connectivity index (χ0v) is 17.0. The number of carbonyl (C=O) groups is 1. The number of piperidine rings is 1. The molecule has 0 unspecified atom stereocenters. The van der Waals surface area contributed by atoms with Gasteiger partial charge in [-0.25, -0.2) is 8.42 Å². The third-order valence-electron chi connectivity index (χ3n) is 5.87. The van der Waals surface area contributed by atoms with Crippen LogP contribution >= 0.6 is 0 Å².